The van der Waals surface area contributed by atoms with Gasteiger partial charge in [0.1, 0.15) is 30.5 Å². The predicted molar refractivity (Wildman–Crippen MR) is 205 cm³/mol. The van der Waals surface area contributed by atoms with Crippen LogP contribution in [-0.2, 0) is 55.8 Å². The van der Waals surface area contributed by atoms with Crippen molar-refractivity contribution in [2.75, 3.05) is 6.61 Å². The molecule has 0 amide bonds. The van der Waals surface area contributed by atoms with Crippen molar-refractivity contribution in [3.8, 4) is 0 Å². The van der Waals surface area contributed by atoms with Gasteiger partial charge < -0.3 is 38.6 Å². The number of carbonyl (C=O) groups is 5. The van der Waals surface area contributed by atoms with Crippen LogP contribution in [0, 0.1) is 16.7 Å². The Morgan fingerprint density at radius 3 is 2.03 bits per heavy atom. The molecule has 58 heavy (non-hydrogen) atoms. The Labute approximate surface area is 336 Å². The first kappa shape index (κ1) is 40.8. The van der Waals surface area contributed by atoms with E-state index in [1.807, 2.05) is 6.07 Å². The Morgan fingerprint density at radius 2 is 1.45 bits per heavy atom. The molecule has 9 atom stereocenters. The number of carbonyl (C=O) groups excluding carboxylic acids is 5. The molecule has 2 bridgehead atoms. The summed E-state index contributed by atoms with van der Waals surface area (Å²) in [6, 6.07) is 25.6. The number of ether oxygens (including phenoxy) is 6. The third kappa shape index (κ3) is 6.88. The standard InChI is InChI=1S/C45H48O13/c1-26-31(47)23-45(52)39(57-40(50)30-19-13-8-14-20-30)37-43(5,38(49)36(35(26)42(45,3)4)56-34(48)21-28-15-9-6-10-16-28)32(22-33-44(37,25-54-33)58-27(2)46)55-41(51)53-24-29-17-11-7-12-18-29/h6-20,31-33,36-37,39,47,52H,21-25H2,1-5H3/t31-,32-,33+,36+,37-,39-,43+,44-,45+/m0/s1. The van der Waals surface area contributed by atoms with Gasteiger partial charge in [0, 0.05) is 25.2 Å². The topological polar surface area (TPSA) is 181 Å². The van der Waals surface area contributed by atoms with Crippen LogP contribution in [0.25, 0.3) is 0 Å². The van der Waals surface area contributed by atoms with E-state index in [-0.39, 0.29) is 42.8 Å². The molecule has 3 aromatic rings. The van der Waals surface area contributed by atoms with Crippen LogP contribution in [-0.4, -0.2) is 88.4 Å². The molecule has 1 heterocycles. The molecule has 2 saturated carbocycles. The number of hydrogen-bond donors (Lipinski definition) is 2. The van der Waals surface area contributed by atoms with E-state index in [1.54, 1.807) is 93.6 Å². The normalized spacial score (nSPS) is 32.2. The lowest BCUT2D eigenvalue weighted by molar-refractivity contribution is -0.346. The number of esters is 3. The van der Waals surface area contributed by atoms with E-state index in [4.69, 9.17) is 28.4 Å². The number of benzene rings is 3. The van der Waals surface area contributed by atoms with E-state index in [1.165, 1.54) is 26.0 Å². The zero-order chi connectivity index (χ0) is 41.6. The second-order valence-electron chi connectivity index (χ2n) is 16.4. The van der Waals surface area contributed by atoms with Crippen LogP contribution >= 0.6 is 0 Å². The maximum Gasteiger partial charge on any atom is 0.508 e. The first-order valence-corrected chi connectivity index (χ1v) is 19.4. The van der Waals surface area contributed by atoms with Gasteiger partial charge in [-0.1, -0.05) is 92.7 Å². The fourth-order valence-electron chi connectivity index (χ4n) is 9.69. The van der Waals surface area contributed by atoms with E-state index >= 15 is 4.79 Å². The summed E-state index contributed by atoms with van der Waals surface area (Å²) in [5, 5.41) is 25.2. The lowest BCUT2D eigenvalue weighted by Crippen LogP contribution is -2.82. The minimum absolute atomic E-state index is 0.0968. The maximum atomic E-state index is 15.9. The highest BCUT2D eigenvalue weighted by Gasteiger charge is 2.79. The molecule has 7 rings (SSSR count). The molecule has 4 aliphatic rings. The highest BCUT2D eigenvalue weighted by Crippen LogP contribution is 2.64. The summed E-state index contributed by atoms with van der Waals surface area (Å²) < 4.78 is 36.4. The third-order valence-corrected chi connectivity index (χ3v) is 12.8. The summed E-state index contributed by atoms with van der Waals surface area (Å²) in [5.74, 6) is -4.73. The summed E-state index contributed by atoms with van der Waals surface area (Å²) >= 11 is 0. The minimum Gasteiger partial charge on any atom is -0.455 e. The molecule has 13 heteroatoms. The van der Waals surface area contributed by atoms with Crippen LogP contribution in [0.4, 0.5) is 4.79 Å². The van der Waals surface area contributed by atoms with Gasteiger partial charge in [0.15, 0.2) is 17.5 Å². The SMILES string of the molecule is CC(=O)O[C@@]12CO[C@@H]1C[C@H](OC(=O)OCc1ccccc1)[C@@]1(C)C(=O)[C@H](OC(=O)Cc3ccccc3)C3=C(C)[C@@H](O)C[C@@](O)([C@@H](OC(=O)c4ccccc4)[C@H]21)C3(C)C. The zero-order valence-electron chi connectivity index (χ0n) is 33.0. The Bertz CT molecular complexity index is 2100. The predicted octanol–water partition coefficient (Wildman–Crippen LogP) is 5.24. The van der Waals surface area contributed by atoms with E-state index < -0.39 is 94.7 Å². The highest BCUT2D eigenvalue weighted by molar-refractivity contribution is 5.96. The largest absolute Gasteiger partial charge is 0.508 e. The van der Waals surface area contributed by atoms with Gasteiger partial charge in [0.05, 0.1) is 36.0 Å². The fraction of sp³-hybridized carbons (Fsp3) is 0.444. The summed E-state index contributed by atoms with van der Waals surface area (Å²) in [5.41, 5.74) is -5.85. The van der Waals surface area contributed by atoms with Crippen molar-refractivity contribution < 1.29 is 62.6 Å². The molecule has 2 N–H and O–H groups in total. The molecule has 3 fully saturated rings. The van der Waals surface area contributed by atoms with Crippen molar-refractivity contribution in [2.24, 2.45) is 16.7 Å². The highest BCUT2D eigenvalue weighted by atomic mass is 16.7. The number of aliphatic hydroxyl groups is 2. The van der Waals surface area contributed by atoms with Crippen molar-refractivity contribution in [3.05, 3.63) is 119 Å². The van der Waals surface area contributed by atoms with E-state index in [0.29, 0.717) is 11.1 Å². The van der Waals surface area contributed by atoms with Crippen LogP contribution in [0.15, 0.2) is 102 Å². The molecule has 13 nitrogen and oxygen atoms in total. The quantitative estimate of drug-likeness (QED) is 0.163. The molecule has 1 aliphatic heterocycles. The smallest absolute Gasteiger partial charge is 0.455 e. The van der Waals surface area contributed by atoms with Crippen LogP contribution < -0.4 is 0 Å². The molecule has 0 aromatic heterocycles. The minimum atomic E-state index is -2.24. The molecule has 1 saturated heterocycles. The molecular formula is C45H48O13. The Morgan fingerprint density at radius 1 is 0.845 bits per heavy atom. The second-order valence-corrected chi connectivity index (χ2v) is 16.4. The number of Topliss-reactive ketones (excluding diaryl/α,β-unsaturated/α-hetero) is 1. The Hall–Kier alpha value is -5.37. The second kappa shape index (κ2) is 15.4. The first-order chi connectivity index (χ1) is 27.5. The van der Waals surface area contributed by atoms with Gasteiger partial charge in [-0.3, -0.25) is 14.4 Å². The fourth-order valence-corrected chi connectivity index (χ4v) is 9.69. The van der Waals surface area contributed by atoms with Gasteiger partial charge in [-0.2, -0.15) is 0 Å². The van der Waals surface area contributed by atoms with Crippen molar-refractivity contribution in [1.29, 1.82) is 0 Å². The lowest BCUT2D eigenvalue weighted by Gasteiger charge is -2.67. The van der Waals surface area contributed by atoms with Gasteiger partial charge >= 0.3 is 24.1 Å². The number of aliphatic hydroxyl groups excluding tert-OH is 1. The van der Waals surface area contributed by atoms with Crippen LogP contribution in [0.5, 0.6) is 0 Å². The van der Waals surface area contributed by atoms with Crippen LogP contribution in [0.1, 0.15) is 68.9 Å². The third-order valence-electron chi connectivity index (χ3n) is 12.8. The molecule has 3 aromatic carbocycles. The number of fused-ring (bicyclic) bond motifs is 5. The lowest BCUT2D eigenvalue weighted by atomic mass is 9.44. The van der Waals surface area contributed by atoms with E-state index in [9.17, 15) is 29.4 Å². The van der Waals surface area contributed by atoms with E-state index in [0.717, 1.165) is 0 Å². The summed E-state index contributed by atoms with van der Waals surface area (Å²) in [4.78, 5) is 70.8. The Balaban J connectivity index is 1.43. The van der Waals surface area contributed by atoms with Gasteiger partial charge in [-0.05, 0) is 48.3 Å². The molecule has 0 radical (unpaired) electrons. The van der Waals surface area contributed by atoms with Crippen molar-refractivity contribution in [1.82, 2.24) is 0 Å². The monoisotopic (exact) mass is 796 g/mol. The van der Waals surface area contributed by atoms with E-state index in [2.05, 4.69) is 0 Å². The maximum absolute atomic E-state index is 15.9. The number of hydrogen-bond acceptors (Lipinski definition) is 13. The molecule has 3 aliphatic carbocycles. The van der Waals surface area contributed by atoms with Gasteiger partial charge in [0.2, 0.25) is 0 Å². The van der Waals surface area contributed by atoms with Crippen LogP contribution in [0.2, 0.25) is 0 Å². The van der Waals surface area contributed by atoms with Crippen LogP contribution in [0.3, 0.4) is 0 Å². The average Bonchev–Trinajstić information content (AvgIpc) is 3.19. The van der Waals surface area contributed by atoms with Crippen molar-refractivity contribution >= 4 is 29.8 Å². The summed E-state index contributed by atoms with van der Waals surface area (Å²) in [7, 11) is 0. The van der Waals surface area contributed by atoms with Gasteiger partial charge in [-0.15, -0.1) is 0 Å². The molecule has 306 valence electrons. The summed E-state index contributed by atoms with van der Waals surface area (Å²) in [6.45, 7) is 7.05. The van der Waals surface area contributed by atoms with Gasteiger partial charge in [-0.25, -0.2) is 9.59 Å². The molecule has 0 unspecified atom stereocenters. The summed E-state index contributed by atoms with van der Waals surface area (Å²) in [6.07, 6.45) is -9.32. The van der Waals surface area contributed by atoms with Gasteiger partial charge in [0.25, 0.3) is 0 Å². The molecule has 0 spiro atoms. The van der Waals surface area contributed by atoms with Crippen molar-refractivity contribution in [3.63, 3.8) is 0 Å². The molecular weight excluding hydrogens is 748 g/mol. The van der Waals surface area contributed by atoms with Crippen molar-refractivity contribution in [2.45, 2.75) is 102 Å². The number of rotatable bonds is 9. The average molecular weight is 797 g/mol. The number of ketones is 1. The zero-order valence-corrected chi connectivity index (χ0v) is 33.0. The first-order valence-electron chi connectivity index (χ1n) is 19.4. The Kier molecular flexibility index (Phi) is 10.9.